The van der Waals surface area contributed by atoms with Crippen LogP contribution in [0, 0.1) is 17.6 Å². The molecule has 32 heavy (non-hydrogen) atoms. The van der Waals surface area contributed by atoms with Crippen LogP contribution in [0.4, 0.5) is 20.2 Å². The van der Waals surface area contributed by atoms with Gasteiger partial charge in [0.25, 0.3) is 0 Å². The number of halogens is 2. The molecule has 8 heteroatoms. The number of nitrogens with one attached hydrogen (secondary N) is 2. The molecule has 2 N–H and O–H groups in total. The highest BCUT2D eigenvalue weighted by atomic mass is 19.2. The number of hydrogen-bond donors (Lipinski definition) is 2. The van der Waals surface area contributed by atoms with Crippen LogP contribution in [-0.4, -0.2) is 45.1 Å². The summed E-state index contributed by atoms with van der Waals surface area (Å²) in [6, 6.07) is 12.1. The lowest BCUT2D eigenvalue weighted by molar-refractivity contribution is -0.117. The Morgan fingerprint density at radius 3 is 2.53 bits per heavy atom. The Bertz CT molecular complexity index is 979. The molecule has 0 saturated carbocycles. The summed E-state index contributed by atoms with van der Waals surface area (Å²) >= 11 is 0. The molecular formula is C24H29F2N5O. The van der Waals surface area contributed by atoms with Crippen LogP contribution < -0.4 is 20.4 Å². The van der Waals surface area contributed by atoms with Gasteiger partial charge in [0, 0.05) is 63.6 Å². The SMILES string of the molecule is CN=C(NCc1ccc(N2CCCC2=O)cc1)NCC1CCN(c2ccc(F)c(F)c2)C1. The highest BCUT2D eigenvalue weighted by Crippen LogP contribution is 2.25. The Hall–Kier alpha value is -3.16. The lowest BCUT2D eigenvalue weighted by Gasteiger charge is -2.20. The maximum atomic E-state index is 13.5. The quantitative estimate of drug-likeness (QED) is 0.534. The number of rotatable bonds is 6. The summed E-state index contributed by atoms with van der Waals surface area (Å²) < 4.78 is 26.7. The molecule has 0 aliphatic carbocycles. The van der Waals surface area contributed by atoms with Gasteiger partial charge in [0.05, 0.1) is 0 Å². The van der Waals surface area contributed by atoms with E-state index in [1.807, 2.05) is 29.2 Å². The molecule has 4 rings (SSSR count). The molecule has 2 aromatic rings. The van der Waals surface area contributed by atoms with Crippen LogP contribution in [0.1, 0.15) is 24.8 Å². The minimum atomic E-state index is -0.819. The van der Waals surface area contributed by atoms with E-state index in [-0.39, 0.29) is 5.91 Å². The van der Waals surface area contributed by atoms with Crippen LogP contribution in [0.25, 0.3) is 0 Å². The monoisotopic (exact) mass is 441 g/mol. The zero-order valence-electron chi connectivity index (χ0n) is 18.3. The van der Waals surface area contributed by atoms with Crippen molar-refractivity contribution in [2.75, 3.05) is 43.0 Å². The molecule has 0 spiro atoms. The number of amides is 1. The molecule has 2 heterocycles. The number of hydrogen-bond acceptors (Lipinski definition) is 3. The summed E-state index contributed by atoms with van der Waals surface area (Å²) in [4.78, 5) is 20.1. The molecule has 2 saturated heterocycles. The van der Waals surface area contributed by atoms with E-state index in [1.165, 1.54) is 12.1 Å². The zero-order valence-corrected chi connectivity index (χ0v) is 18.3. The smallest absolute Gasteiger partial charge is 0.227 e. The lowest BCUT2D eigenvalue weighted by Crippen LogP contribution is -2.40. The average molecular weight is 442 g/mol. The number of nitrogens with zero attached hydrogens (tertiary/aromatic N) is 3. The van der Waals surface area contributed by atoms with Crippen molar-refractivity contribution in [1.82, 2.24) is 10.6 Å². The second-order valence-electron chi connectivity index (χ2n) is 8.32. The summed E-state index contributed by atoms with van der Waals surface area (Å²) in [6.45, 7) is 3.76. The molecule has 1 unspecified atom stereocenters. The van der Waals surface area contributed by atoms with Crippen molar-refractivity contribution in [3.63, 3.8) is 0 Å². The number of anilines is 2. The van der Waals surface area contributed by atoms with Gasteiger partial charge >= 0.3 is 0 Å². The van der Waals surface area contributed by atoms with Crippen LogP contribution in [0.2, 0.25) is 0 Å². The maximum absolute atomic E-state index is 13.5. The predicted molar refractivity (Wildman–Crippen MR) is 123 cm³/mol. The normalized spacial score (nSPS) is 19.0. The molecule has 0 radical (unpaired) electrons. The van der Waals surface area contributed by atoms with Gasteiger partial charge < -0.3 is 20.4 Å². The number of guanidine groups is 1. The van der Waals surface area contributed by atoms with E-state index in [2.05, 4.69) is 20.5 Å². The minimum Gasteiger partial charge on any atom is -0.371 e. The molecule has 6 nitrogen and oxygen atoms in total. The molecule has 2 aromatic carbocycles. The van der Waals surface area contributed by atoms with Gasteiger partial charge in [-0.05, 0) is 48.6 Å². The first-order valence-corrected chi connectivity index (χ1v) is 11.1. The summed E-state index contributed by atoms with van der Waals surface area (Å²) in [5, 5.41) is 6.68. The van der Waals surface area contributed by atoms with Gasteiger partial charge in [-0.2, -0.15) is 0 Å². The van der Waals surface area contributed by atoms with Crippen LogP contribution in [0.15, 0.2) is 47.5 Å². The molecule has 2 aliphatic rings. The Labute approximate surface area is 187 Å². The Morgan fingerprint density at radius 2 is 1.84 bits per heavy atom. The average Bonchev–Trinajstić information content (AvgIpc) is 3.45. The van der Waals surface area contributed by atoms with Gasteiger partial charge in [0.1, 0.15) is 0 Å². The highest BCUT2D eigenvalue weighted by Gasteiger charge is 2.24. The van der Waals surface area contributed by atoms with Crippen molar-refractivity contribution in [3.05, 3.63) is 59.7 Å². The topological polar surface area (TPSA) is 60.0 Å². The third kappa shape index (κ3) is 5.18. The third-order valence-electron chi connectivity index (χ3n) is 6.12. The van der Waals surface area contributed by atoms with E-state index in [0.29, 0.717) is 24.6 Å². The molecule has 0 aromatic heterocycles. The Kier molecular flexibility index (Phi) is 6.87. The van der Waals surface area contributed by atoms with Crippen LogP contribution in [0.5, 0.6) is 0 Å². The van der Waals surface area contributed by atoms with Crippen LogP contribution >= 0.6 is 0 Å². The molecule has 170 valence electrons. The fraction of sp³-hybridized carbons (Fsp3) is 0.417. The first kappa shape index (κ1) is 22.0. The van der Waals surface area contributed by atoms with E-state index in [1.54, 1.807) is 13.1 Å². The fourth-order valence-electron chi connectivity index (χ4n) is 4.28. The third-order valence-corrected chi connectivity index (χ3v) is 6.12. The van der Waals surface area contributed by atoms with Gasteiger partial charge in [-0.25, -0.2) is 8.78 Å². The van der Waals surface area contributed by atoms with Crippen molar-refractivity contribution >= 4 is 23.2 Å². The van der Waals surface area contributed by atoms with Gasteiger partial charge in [0.15, 0.2) is 17.6 Å². The molecule has 1 atom stereocenters. The summed E-state index contributed by atoms with van der Waals surface area (Å²) in [6.07, 6.45) is 2.52. The van der Waals surface area contributed by atoms with Crippen molar-refractivity contribution in [2.24, 2.45) is 10.9 Å². The molecule has 2 fully saturated rings. The molecule has 0 bridgehead atoms. The molecular weight excluding hydrogens is 412 g/mol. The number of aliphatic imine (C=N–C) groups is 1. The lowest BCUT2D eigenvalue weighted by atomic mass is 10.1. The Morgan fingerprint density at radius 1 is 1.06 bits per heavy atom. The fourth-order valence-corrected chi connectivity index (χ4v) is 4.28. The van der Waals surface area contributed by atoms with Crippen molar-refractivity contribution in [2.45, 2.75) is 25.8 Å². The number of carbonyl (C=O) groups is 1. The Balaban J connectivity index is 1.23. The first-order valence-electron chi connectivity index (χ1n) is 11.1. The van der Waals surface area contributed by atoms with E-state index < -0.39 is 11.6 Å². The van der Waals surface area contributed by atoms with E-state index in [4.69, 9.17) is 0 Å². The minimum absolute atomic E-state index is 0.190. The van der Waals surface area contributed by atoms with Gasteiger partial charge in [-0.3, -0.25) is 9.79 Å². The van der Waals surface area contributed by atoms with E-state index in [9.17, 15) is 13.6 Å². The first-order chi connectivity index (χ1) is 15.5. The van der Waals surface area contributed by atoms with Gasteiger partial charge in [-0.15, -0.1) is 0 Å². The second kappa shape index (κ2) is 9.97. The van der Waals surface area contributed by atoms with Crippen molar-refractivity contribution in [3.8, 4) is 0 Å². The zero-order chi connectivity index (χ0) is 22.5. The number of benzene rings is 2. The maximum Gasteiger partial charge on any atom is 0.227 e. The van der Waals surface area contributed by atoms with E-state index in [0.717, 1.165) is 56.2 Å². The van der Waals surface area contributed by atoms with E-state index >= 15 is 0 Å². The second-order valence-corrected chi connectivity index (χ2v) is 8.32. The molecule has 2 aliphatic heterocycles. The van der Waals surface area contributed by atoms with Crippen molar-refractivity contribution < 1.29 is 13.6 Å². The summed E-state index contributed by atoms with van der Waals surface area (Å²) in [7, 11) is 1.74. The standard InChI is InChI=1S/C24H29F2N5O/c1-27-24(28-14-17-4-6-19(7-5-17)31-11-2-3-23(31)32)29-15-18-10-12-30(16-18)20-8-9-21(25)22(26)13-20/h4-9,13,18H,2-3,10-12,14-16H2,1H3,(H2,27,28,29). The largest absolute Gasteiger partial charge is 0.371 e. The predicted octanol–water partition coefficient (Wildman–Crippen LogP) is 3.28. The highest BCUT2D eigenvalue weighted by molar-refractivity contribution is 5.95. The van der Waals surface area contributed by atoms with Crippen molar-refractivity contribution in [1.29, 1.82) is 0 Å². The molecule has 1 amide bonds. The summed E-state index contributed by atoms with van der Waals surface area (Å²) in [5.41, 5.74) is 2.77. The summed E-state index contributed by atoms with van der Waals surface area (Å²) in [5.74, 6) is -0.335. The number of carbonyl (C=O) groups excluding carboxylic acids is 1. The van der Waals surface area contributed by atoms with Crippen LogP contribution in [-0.2, 0) is 11.3 Å². The van der Waals surface area contributed by atoms with Crippen LogP contribution in [0.3, 0.4) is 0 Å². The van der Waals surface area contributed by atoms with Gasteiger partial charge in [0.2, 0.25) is 5.91 Å². The van der Waals surface area contributed by atoms with Gasteiger partial charge in [-0.1, -0.05) is 12.1 Å².